The Bertz CT molecular complexity index is 440. The van der Waals surface area contributed by atoms with Crippen LogP contribution in [0.15, 0.2) is 18.3 Å². The summed E-state index contributed by atoms with van der Waals surface area (Å²) in [6, 6.07) is 4.00. The van der Waals surface area contributed by atoms with Crippen molar-refractivity contribution in [2.45, 2.75) is 32.6 Å². The van der Waals surface area contributed by atoms with E-state index in [9.17, 15) is 9.59 Å². The zero-order valence-electron chi connectivity index (χ0n) is 10.5. The van der Waals surface area contributed by atoms with Crippen molar-refractivity contribution >= 4 is 11.8 Å². The molecule has 0 saturated carbocycles. The van der Waals surface area contributed by atoms with Crippen LogP contribution in [0, 0.1) is 5.92 Å². The molecule has 18 heavy (non-hydrogen) atoms. The molecule has 0 aromatic carbocycles. The summed E-state index contributed by atoms with van der Waals surface area (Å²) >= 11 is 0. The van der Waals surface area contributed by atoms with Crippen LogP contribution in [0.25, 0.3) is 0 Å². The molecule has 1 saturated heterocycles. The van der Waals surface area contributed by atoms with Gasteiger partial charge in [0.15, 0.2) is 5.78 Å². The fraction of sp³-hybridized carbons (Fsp3) is 0.500. The van der Waals surface area contributed by atoms with Crippen LogP contribution in [0.4, 0.5) is 0 Å². The Balaban J connectivity index is 1.97. The number of ether oxygens (including phenoxy) is 1. The molecule has 4 heteroatoms. The highest BCUT2D eigenvalue weighted by molar-refractivity contribution is 6.00. The van der Waals surface area contributed by atoms with Crippen molar-refractivity contribution in [1.82, 2.24) is 4.98 Å². The average Bonchev–Trinajstić information content (AvgIpc) is 2.38. The summed E-state index contributed by atoms with van der Waals surface area (Å²) < 4.78 is 4.91. The van der Waals surface area contributed by atoms with Crippen molar-refractivity contribution in [3.63, 3.8) is 0 Å². The van der Waals surface area contributed by atoms with Crippen LogP contribution >= 0.6 is 0 Å². The van der Waals surface area contributed by atoms with Gasteiger partial charge >= 0.3 is 5.97 Å². The van der Waals surface area contributed by atoms with Crippen molar-refractivity contribution in [3.8, 4) is 0 Å². The number of aryl methyl sites for hydroxylation is 2. The molecule has 1 aliphatic rings. The first kappa shape index (κ1) is 12.7. The van der Waals surface area contributed by atoms with Crippen molar-refractivity contribution in [2.24, 2.45) is 5.92 Å². The van der Waals surface area contributed by atoms with Crippen LogP contribution < -0.4 is 0 Å². The number of aromatic nitrogens is 1. The lowest BCUT2D eigenvalue weighted by atomic mass is 9.93. The van der Waals surface area contributed by atoms with E-state index in [0.29, 0.717) is 19.3 Å². The number of ketones is 1. The lowest BCUT2D eigenvalue weighted by Crippen LogP contribution is -2.33. The zero-order valence-corrected chi connectivity index (χ0v) is 10.5. The van der Waals surface area contributed by atoms with E-state index in [2.05, 4.69) is 11.9 Å². The standard InChI is InChI=1S/C14H17NO3/c1-2-10-5-7-15-11(9-10)3-4-12-13(16)6-8-18-14(12)17/h5,7,9,12H,2-4,6,8H2,1H3. The number of nitrogens with zero attached hydrogens (tertiary/aromatic N) is 1. The SMILES string of the molecule is CCc1ccnc(CCC2C(=O)CCOC2=O)c1. The van der Waals surface area contributed by atoms with E-state index in [0.717, 1.165) is 12.1 Å². The molecule has 1 unspecified atom stereocenters. The van der Waals surface area contributed by atoms with Crippen LogP contribution in [0.3, 0.4) is 0 Å². The molecule has 4 nitrogen and oxygen atoms in total. The van der Waals surface area contributed by atoms with E-state index >= 15 is 0 Å². The fourth-order valence-electron chi connectivity index (χ4n) is 2.11. The Morgan fingerprint density at radius 1 is 1.44 bits per heavy atom. The fourth-order valence-corrected chi connectivity index (χ4v) is 2.11. The average molecular weight is 247 g/mol. The summed E-state index contributed by atoms with van der Waals surface area (Å²) in [7, 11) is 0. The predicted molar refractivity (Wildman–Crippen MR) is 66.0 cm³/mol. The highest BCUT2D eigenvalue weighted by atomic mass is 16.5. The quantitative estimate of drug-likeness (QED) is 0.600. The number of cyclic esters (lactones) is 1. The first-order valence-corrected chi connectivity index (χ1v) is 6.34. The number of hydrogen-bond acceptors (Lipinski definition) is 4. The molecule has 1 aliphatic heterocycles. The molecular weight excluding hydrogens is 230 g/mol. The van der Waals surface area contributed by atoms with Gasteiger partial charge in [0, 0.05) is 18.3 Å². The Kier molecular flexibility index (Phi) is 4.07. The lowest BCUT2D eigenvalue weighted by molar-refractivity contribution is -0.158. The van der Waals surface area contributed by atoms with E-state index in [4.69, 9.17) is 4.74 Å². The summed E-state index contributed by atoms with van der Waals surface area (Å²) in [5, 5.41) is 0. The van der Waals surface area contributed by atoms with Gasteiger partial charge in [0.2, 0.25) is 0 Å². The van der Waals surface area contributed by atoms with Crippen molar-refractivity contribution < 1.29 is 14.3 Å². The molecule has 1 atom stereocenters. The molecule has 2 rings (SSSR count). The third-order valence-electron chi connectivity index (χ3n) is 3.24. The van der Waals surface area contributed by atoms with E-state index in [-0.39, 0.29) is 18.4 Å². The molecule has 96 valence electrons. The second-order valence-electron chi connectivity index (χ2n) is 4.48. The molecule has 0 radical (unpaired) electrons. The van der Waals surface area contributed by atoms with Crippen molar-refractivity contribution in [1.29, 1.82) is 0 Å². The Morgan fingerprint density at radius 3 is 3.00 bits per heavy atom. The van der Waals surface area contributed by atoms with E-state index in [1.165, 1.54) is 5.56 Å². The maximum atomic E-state index is 11.6. The zero-order chi connectivity index (χ0) is 13.0. The highest BCUT2D eigenvalue weighted by Gasteiger charge is 2.31. The van der Waals surface area contributed by atoms with Gasteiger partial charge in [-0.2, -0.15) is 0 Å². The minimum Gasteiger partial charge on any atom is -0.465 e. The summed E-state index contributed by atoms with van der Waals surface area (Å²) in [5.74, 6) is -0.971. The second kappa shape index (κ2) is 5.76. The minimum absolute atomic E-state index is 0.00195. The van der Waals surface area contributed by atoms with Gasteiger partial charge < -0.3 is 4.74 Å². The van der Waals surface area contributed by atoms with Crippen LogP contribution in [-0.4, -0.2) is 23.3 Å². The van der Waals surface area contributed by atoms with Gasteiger partial charge in [-0.15, -0.1) is 0 Å². The van der Waals surface area contributed by atoms with E-state index in [1.54, 1.807) is 6.20 Å². The molecule has 2 heterocycles. The smallest absolute Gasteiger partial charge is 0.316 e. The number of esters is 1. The first-order chi connectivity index (χ1) is 8.70. The Morgan fingerprint density at radius 2 is 2.28 bits per heavy atom. The molecule has 0 spiro atoms. The number of hydrogen-bond donors (Lipinski definition) is 0. The van der Waals surface area contributed by atoms with E-state index < -0.39 is 5.92 Å². The lowest BCUT2D eigenvalue weighted by Gasteiger charge is -2.19. The molecule has 1 aromatic rings. The van der Waals surface area contributed by atoms with Crippen molar-refractivity contribution in [2.75, 3.05) is 6.61 Å². The molecule has 0 aliphatic carbocycles. The third kappa shape index (κ3) is 2.94. The van der Waals surface area contributed by atoms with Gasteiger partial charge in [0.25, 0.3) is 0 Å². The molecule has 0 N–H and O–H groups in total. The summed E-state index contributed by atoms with van der Waals surface area (Å²) in [5.41, 5.74) is 2.15. The van der Waals surface area contributed by atoms with Gasteiger partial charge in [-0.25, -0.2) is 0 Å². The second-order valence-corrected chi connectivity index (χ2v) is 4.48. The normalized spacial score (nSPS) is 19.7. The van der Waals surface area contributed by atoms with Crippen LogP contribution in [-0.2, 0) is 27.2 Å². The summed E-state index contributed by atoms with van der Waals surface area (Å²) in [6.07, 6.45) is 4.21. The van der Waals surface area contributed by atoms with Crippen LogP contribution in [0.1, 0.15) is 31.0 Å². The monoisotopic (exact) mass is 247 g/mol. The largest absolute Gasteiger partial charge is 0.465 e. The predicted octanol–water partition coefficient (Wildman–Crippen LogP) is 1.71. The number of pyridine rings is 1. The number of rotatable bonds is 4. The number of carbonyl (C=O) groups excluding carboxylic acids is 2. The first-order valence-electron chi connectivity index (χ1n) is 6.34. The van der Waals surface area contributed by atoms with Gasteiger partial charge in [-0.05, 0) is 37.0 Å². The third-order valence-corrected chi connectivity index (χ3v) is 3.24. The number of Topliss-reactive ketones (excluding diaryl/α,β-unsaturated/α-hetero) is 1. The maximum absolute atomic E-state index is 11.6. The van der Waals surface area contributed by atoms with Gasteiger partial charge in [0.05, 0.1) is 6.61 Å². The molecular formula is C14H17NO3. The van der Waals surface area contributed by atoms with Crippen LogP contribution in [0.2, 0.25) is 0 Å². The summed E-state index contributed by atoms with van der Waals surface area (Å²) in [4.78, 5) is 27.4. The highest BCUT2D eigenvalue weighted by Crippen LogP contribution is 2.18. The minimum atomic E-state index is -0.592. The van der Waals surface area contributed by atoms with Gasteiger partial charge in [-0.3, -0.25) is 14.6 Å². The molecule has 0 bridgehead atoms. The molecule has 0 amide bonds. The summed E-state index contributed by atoms with van der Waals surface area (Å²) in [6.45, 7) is 2.32. The molecule has 1 aromatic heterocycles. The topological polar surface area (TPSA) is 56.3 Å². The van der Waals surface area contributed by atoms with Gasteiger partial charge in [-0.1, -0.05) is 6.92 Å². The molecule has 1 fully saturated rings. The maximum Gasteiger partial charge on any atom is 0.316 e. The Hall–Kier alpha value is -1.71. The van der Waals surface area contributed by atoms with Crippen molar-refractivity contribution in [3.05, 3.63) is 29.6 Å². The Labute approximate surface area is 106 Å². The van der Waals surface area contributed by atoms with Crippen LogP contribution in [0.5, 0.6) is 0 Å². The number of carbonyl (C=O) groups is 2. The van der Waals surface area contributed by atoms with Gasteiger partial charge in [0.1, 0.15) is 5.92 Å². The van der Waals surface area contributed by atoms with E-state index in [1.807, 2.05) is 12.1 Å².